The van der Waals surface area contributed by atoms with E-state index in [1.165, 1.54) is 4.90 Å². The highest BCUT2D eigenvalue weighted by atomic mass is 35.5. The van der Waals surface area contributed by atoms with Crippen molar-refractivity contribution in [1.29, 1.82) is 0 Å². The van der Waals surface area contributed by atoms with Gasteiger partial charge in [-0.25, -0.2) is 0 Å². The molecule has 4 nitrogen and oxygen atoms in total. The standard InChI is InChI=1S/C14H17ClN2O2S/c1-16(9-13(18)17-6-2-3-7-17)14(19)11-8-10(20)4-5-12(11)15/h4-5,8,20H,2-3,6-7,9H2,1H3. The van der Waals surface area contributed by atoms with E-state index in [1.54, 1.807) is 30.1 Å². The molecule has 0 unspecified atom stereocenters. The normalized spacial score (nSPS) is 14.4. The second kappa shape index (κ2) is 6.50. The maximum absolute atomic E-state index is 12.3. The summed E-state index contributed by atoms with van der Waals surface area (Å²) in [6.45, 7) is 1.65. The van der Waals surface area contributed by atoms with Gasteiger partial charge in [-0.3, -0.25) is 9.59 Å². The van der Waals surface area contributed by atoms with E-state index < -0.39 is 0 Å². The van der Waals surface area contributed by atoms with Gasteiger partial charge in [-0.1, -0.05) is 11.6 Å². The smallest absolute Gasteiger partial charge is 0.255 e. The zero-order valence-electron chi connectivity index (χ0n) is 11.3. The predicted molar refractivity (Wildman–Crippen MR) is 81.5 cm³/mol. The molecule has 1 aromatic carbocycles. The van der Waals surface area contributed by atoms with Gasteiger partial charge < -0.3 is 9.80 Å². The molecule has 0 aromatic heterocycles. The number of carbonyl (C=O) groups excluding carboxylic acids is 2. The van der Waals surface area contributed by atoms with Gasteiger partial charge in [0.15, 0.2) is 0 Å². The van der Waals surface area contributed by atoms with Gasteiger partial charge in [0.25, 0.3) is 5.91 Å². The lowest BCUT2D eigenvalue weighted by molar-refractivity contribution is -0.130. The summed E-state index contributed by atoms with van der Waals surface area (Å²) in [4.78, 5) is 28.2. The Labute approximate surface area is 129 Å². The highest BCUT2D eigenvalue weighted by Gasteiger charge is 2.22. The first-order chi connectivity index (χ1) is 9.49. The molecule has 0 atom stereocenters. The molecule has 0 spiro atoms. The minimum atomic E-state index is -0.265. The average molecular weight is 313 g/mol. The number of benzene rings is 1. The first kappa shape index (κ1) is 15.2. The average Bonchev–Trinajstić information content (AvgIpc) is 2.94. The number of amides is 2. The quantitative estimate of drug-likeness (QED) is 0.870. The molecule has 1 aliphatic rings. The van der Waals surface area contributed by atoms with Crippen LogP contribution in [0, 0.1) is 0 Å². The predicted octanol–water partition coefficient (Wildman–Crippen LogP) is 2.32. The van der Waals surface area contributed by atoms with Crippen LogP contribution in [0.25, 0.3) is 0 Å². The summed E-state index contributed by atoms with van der Waals surface area (Å²) in [6.07, 6.45) is 2.08. The lowest BCUT2D eigenvalue weighted by atomic mass is 10.2. The third-order valence-corrected chi connectivity index (χ3v) is 3.97. The van der Waals surface area contributed by atoms with E-state index >= 15 is 0 Å². The number of halogens is 1. The van der Waals surface area contributed by atoms with Crippen molar-refractivity contribution in [3.8, 4) is 0 Å². The van der Waals surface area contributed by atoms with Crippen LogP contribution in [-0.4, -0.2) is 48.3 Å². The lowest BCUT2D eigenvalue weighted by Gasteiger charge is -2.21. The molecule has 1 aliphatic heterocycles. The minimum Gasteiger partial charge on any atom is -0.341 e. The number of carbonyl (C=O) groups is 2. The van der Waals surface area contributed by atoms with E-state index in [0.717, 1.165) is 25.9 Å². The third kappa shape index (κ3) is 3.46. The number of nitrogens with zero attached hydrogens (tertiary/aromatic N) is 2. The molecule has 1 fully saturated rings. The summed E-state index contributed by atoms with van der Waals surface area (Å²) in [7, 11) is 1.61. The SMILES string of the molecule is CN(CC(=O)N1CCCC1)C(=O)c1cc(S)ccc1Cl. The van der Waals surface area contributed by atoms with Crippen LogP contribution in [0.4, 0.5) is 0 Å². The Morgan fingerprint density at radius 1 is 1.35 bits per heavy atom. The van der Waals surface area contributed by atoms with Crippen LogP contribution in [-0.2, 0) is 4.79 Å². The topological polar surface area (TPSA) is 40.6 Å². The largest absolute Gasteiger partial charge is 0.341 e. The molecular weight excluding hydrogens is 296 g/mol. The summed E-state index contributed by atoms with van der Waals surface area (Å²) in [5, 5.41) is 0.369. The molecule has 108 valence electrons. The van der Waals surface area contributed by atoms with Crippen molar-refractivity contribution in [2.24, 2.45) is 0 Å². The summed E-state index contributed by atoms with van der Waals surface area (Å²) < 4.78 is 0. The fraction of sp³-hybridized carbons (Fsp3) is 0.429. The summed E-state index contributed by atoms with van der Waals surface area (Å²) in [5.74, 6) is -0.282. The molecule has 1 heterocycles. The minimum absolute atomic E-state index is 0.0171. The highest BCUT2D eigenvalue weighted by Crippen LogP contribution is 2.21. The fourth-order valence-corrected chi connectivity index (χ4v) is 2.63. The molecule has 1 saturated heterocycles. The maximum Gasteiger partial charge on any atom is 0.255 e. The number of thiol groups is 1. The first-order valence-electron chi connectivity index (χ1n) is 6.51. The van der Waals surface area contributed by atoms with Crippen molar-refractivity contribution < 1.29 is 9.59 Å². The molecule has 0 radical (unpaired) electrons. The van der Waals surface area contributed by atoms with Gasteiger partial charge in [-0.15, -0.1) is 12.6 Å². The van der Waals surface area contributed by atoms with E-state index in [9.17, 15) is 9.59 Å². The third-order valence-electron chi connectivity index (χ3n) is 3.36. The van der Waals surface area contributed by atoms with Gasteiger partial charge in [-0.2, -0.15) is 0 Å². The molecule has 0 aliphatic carbocycles. The Bertz CT molecular complexity index is 530. The van der Waals surface area contributed by atoms with Gasteiger partial charge in [0, 0.05) is 25.0 Å². The van der Waals surface area contributed by atoms with E-state index in [2.05, 4.69) is 12.6 Å². The molecule has 0 N–H and O–H groups in total. The summed E-state index contributed by atoms with van der Waals surface area (Å²) >= 11 is 10.2. The van der Waals surface area contributed by atoms with E-state index in [1.807, 2.05) is 0 Å². The van der Waals surface area contributed by atoms with Crippen molar-refractivity contribution in [3.63, 3.8) is 0 Å². The maximum atomic E-state index is 12.3. The van der Waals surface area contributed by atoms with Crippen molar-refractivity contribution in [2.75, 3.05) is 26.7 Å². The van der Waals surface area contributed by atoms with E-state index in [-0.39, 0.29) is 18.4 Å². The Balaban J connectivity index is 2.04. The Kier molecular flexibility index (Phi) is 4.94. The van der Waals surface area contributed by atoms with Crippen molar-refractivity contribution >= 4 is 36.0 Å². The molecule has 0 bridgehead atoms. The number of likely N-dealkylation sites (tertiary alicyclic amines) is 1. The van der Waals surface area contributed by atoms with Crippen LogP contribution >= 0.6 is 24.2 Å². The second-order valence-electron chi connectivity index (χ2n) is 4.91. The van der Waals surface area contributed by atoms with E-state index in [4.69, 9.17) is 11.6 Å². The Morgan fingerprint density at radius 3 is 2.65 bits per heavy atom. The van der Waals surface area contributed by atoms with Gasteiger partial charge in [0.1, 0.15) is 0 Å². The number of rotatable bonds is 3. The van der Waals surface area contributed by atoms with Crippen LogP contribution in [0.3, 0.4) is 0 Å². The Morgan fingerprint density at radius 2 is 2.00 bits per heavy atom. The number of hydrogen-bond acceptors (Lipinski definition) is 3. The number of hydrogen-bond donors (Lipinski definition) is 1. The summed E-state index contributed by atoms with van der Waals surface area (Å²) in [6, 6.07) is 4.97. The van der Waals surface area contributed by atoms with Crippen molar-refractivity contribution in [3.05, 3.63) is 28.8 Å². The Hall–Kier alpha value is -1.20. The number of likely N-dealkylation sites (N-methyl/N-ethyl adjacent to an activating group) is 1. The van der Waals surface area contributed by atoms with Crippen LogP contribution in [0.15, 0.2) is 23.1 Å². The fourth-order valence-electron chi connectivity index (χ4n) is 2.22. The molecule has 6 heteroatoms. The monoisotopic (exact) mass is 312 g/mol. The van der Waals surface area contributed by atoms with Gasteiger partial charge in [0.05, 0.1) is 17.1 Å². The zero-order chi connectivity index (χ0) is 14.7. The molecule has 2 amide bonds. The lowest BCUT2D eigenvalue weighted by Crippen LogP contribution is -2.39. The van der Waals surface area contributed by atoms with Crippen LogP contribution in [0.1, 0.15) is 23.2 Å². The van der Waals surface area contributed by atoms with E-state index in [0.29, 0.717) is 15.5 Å². The summed E-state index contributed by atoms with van der Waals surface area (Å²) in [5.41, 5.74) is 0.371. The van der Waals surface area contributed by atoms with Crippen LogP contribution < -0.4 is 0 Å². The first-order valence-corrected chi connectivity index (χ1v) is 7.33. The van der Waals surface area contributed by atoms with Crippen molar-refractivity contribution in [1.82, 2.24) is 9.80 Å². The molecule has 1 aromatic rings. The van der Waals surface area contributed by atoms with Gasteiger partial charge in [-0.05, 0) is 31.0 Å². The van der Waals surface area contributed by atoms with Crippen molar-refractivity contribution in [2.45, 2.75) is 17.7 Å². The molecular formula is C14H17ClN2O2S. The molecule has 20 heavy (non-hydrogen) atoms. The zero-order valence-corrected chi connectivity index (χ0v) is 13.0. The van der Waals surface area contributed by atoms with Crippen LogP contribution in [0.5, 0.6) is 0 Å². The van der Waals surface area contributed by atoms with Gasteiger partial charge in [0.2, 0.25) is 5.91 Å². The van der Waals surface area contributed by atoms with Gasteiger partial charge >= 0.3 is 0 Å². The molecule has 0 saturated carbocycles. The second-order valence-corrected chi connectivity index (χ2v) is 5.84. The van der Waals surface area contributed by atoms with Crippen LogP contribution in [0.2, 0.25) is 5.02 Å². The molecule has 2 rings (SSSR count). The highest BCUT2D eigenvalue weighted by molar-refractivity contribution is 7.80.